The lowest BCUT2D eigenvalue weighted by atomic mass is 9.91. The number of pyridine rings is 1. The molecule has 0 atom stereocenters. The van der Waals surface area contributed by atoms with E-state index in [1.54, 1.807) is 12.1 Å². The zero-order valence-electron chi connectivity index (χ0n) is 15.4. The molecule has 1 aromatic carbocycles. The van der Waals surface area contributed by atoms with Gasteiger partial charge < -0.3 is 9.64 Å². The van der Waals surface area contributed by atoms with Crippen molar-refractivity contribution in [3.63, 3.8) is 0 Å². The molecule has 0 unspecified atom stereocenters. The normalized spacial score (nSPS) is 21.7. The van der Waals surface area contributed by atoms with Crippen LogP contribution in [0.3, 0.4) is 0 Å². The number of benzene rings is 1. The lowest BCUT2D eigenvalue weighted by Gasteiger charge is -2.36. The Morgan fingerprint density at radius 1 is 1.22 bits per heavy atom. The van der Waals surface area contributed by atoms with Crippen LogP contribution in [-0.2, 0) is 6.54 Å². The molecule has 1 fully saturated rings. The second-order valence-electron chi connectivity index (χ2n) is 7.32. The Labute approximate surface area is 165 Å². The zero-order chi connectivity index (χ0) is 19.0. The minimum absolute atomic E-state index is 0.184. The zero-order valence-corrected chi connectivity index (χ0v) is 16.2. The van der Waals surface area contributed by atoms with Gasteiger partial charge in [0.2, 0.25) is 0 Å². The predicted octanol–water partition coefficient (Wildman–Crippen LogP) is 5.09. The average molecular weight is 380 g/mol. The number of rotatable bonds is 3. The van der Waals surface area contributed by atoms with Gasteiger partial charge in [0.25, 0.3) is 0 Å². The highest BCUT2D eigenvalue weighted by Gasteiger charge is 2.32. The summed E-state index contributed by atoms with van der Waals surface area (Å²) in [4.78, 5) is 7.09. The van der Waals surface area contributed by atoms with Crippen molar-refractivity contribution in [2.45, 2.75) is 51.3 Å². The standard InChI is InChI=1S/C22H22ClN3O/c1-14-3-10-20-15(2)26(13-22(20)25-14)17-5-8-18(9-6-17)27-19-7-4-16(12-24)21(23)11-19/h3-4,7,10-11,17-18H,2,5-6,8-9,13H2,1H3. The molecule has 2 heterocycles. The van der Waals surface area contributed by atoms with Gasteiger partial charge in [0.05, 0.1) is 28.9 Å². The fourth-order valence-corrected chi connectivity index (χ4v) is 4.29. The van der Waals surface area contributed by atoms with E-state index in [4.69, 9.17) is 21.6 Å². The van der Waals surface area contributed by atoms with Gasteiger partial charge in [-0.2, -0.15) is 5.26 Å². The van der Waals surface area contributed by atoms with Crippen LogP contribution in [0.15, 0.2) is 36.9 Å². The Morgan fingerprint density at radius 2 is 2.00 bits per heavy atom. The lowest BCUT2D eigenvalue weighted by molar-refractivity contribution is 0.113. The van der Waals surface area contributed by atoms with Gasteiger partial charge >= 0.3 is 0 Å². The second kappa shape index (κ2) is 7.25. The monoisotopic (exact) mass is 379 g/mol. The van der Waals surface area contributed by atoms with E-state index < -0.39 is 0 Å². The van der Waals surface area contributed by atoms with Crippen molar-refractivity contribution in [1.82, 2.24) is 9.88 Å². The van der Waals surface area contributed by atoms with Crippen molar-refractivity contribution in [2.75, 3.05) is 0 Å². The summed E-state index contributed by atoms with van der Waals surface area (Å²) in [6.45, 7) is 7.20. The van der Waals surface area contributed by atoms with Crippen molar-refractivity contribution in [3.05, 3.63) is 64.4 Å². The highest BCUT2D eigenvalue weighted by atomic mass is 35.5. The van der Waals surface area contributed by atoms with E-state index in [0.717, 1.165) is 55.1 Å². The molecule has 2 aliphatic rings. The number of halogens is 1. The Kier molecular flexibility index (Phi) is 4.80. The third-order valence-electron chi connectivity index (χ3n) is 5.54. The van der Waals surface area contributed by atoms with Gasteiger partial charge in [-0.3, -0.25) is 4.98 Å². The summed E-state index contributed by atoms with van der Waals surface area (Å²) >= 11 is 6.10. The molecule has 138 valence electrons. The molecule has 0 amide bonds. The summed E-state index contributed by atoms with van der Waals surface area (Å²) in [5, 5.41) is 9.42. The molecule has 1 aliphatic carbocycles. The number of nitriles is 1. The molecular formula is C22H22ClN3O. The Balaban J connectivity index is 1.36. The molecule has 0 saturated heterocycles. The van der Waals surface area contributed by atoms with Gasteiger partial charge in [0.1, 0.15) is 11.8 Å². The number of hydrogen-bond acceptors (Lipinski definition) is 4. The van der Waals surface area contributed by atoms with E-state index in [-0.39, 0.29) is 6.10 Å². The summed E-state index contributed by atoms with van der Waals surface area (Å²) < 4.78 is 6.10. The fourth-order valence-electron chi connectivity index (χ4n) is 4.08. The molecule has 1 saturated carbocycles. The molecule has 5 heteroatoms. The molecule has 2 aromatic rings. The quantitative estimate of drug-likeness (QED) is 0.745. The average Bonchev–Trinajstić information content (AvgIpc) is 2.98. The molecule has 0 bridgehead atoms. The first-order valence-corrected chi connectivity index (χ1v) is 9.71. The Morgan fingerprint density at radius 3 is 2.70 bits per heavy atom. The number of hydrogen-bond donors (Lipinski definition) is 0. The number of aromatic nitrogens is 1. The molecule has 1 aliphatic heterocycles. The number of fused-ring (bicyclic) bond motifs is 1. The summed E-state index contributed by atoms with van der Waals surface area (Å²) in [6.07, 6.45) is 4.31. The van der Waals surface area contributed by atoms with Crippen molar-refractivity contribution in [3.8, 4) is 11.8 Å². The molecular weight excluding hydrogens is 358 g/mol. The molecule has 4 nitrogen and oxygen atoms in total. The van der Waals surface area contributed by atoms with E-state index in [2.05, 4.69) is 34.7 Å². The van der Waals surface area contributed by atoms with Crippen LogP contribution in [-0.4, -0.2) is 22.0 Å². The third kappa shape index (κ3) is 3.52. The summed E-state index contributed by atoms with van der Waals surface area (Å²) in [5.74, 6) is 0.736. The van der Waals surface area contributed by atoms with Gasteiger partial charge in [0, 0.05) is 29.1 Å². The van der Waals surface area contributed by atoms with Gasteiger partial charge in [-0.1, -0.05) is 18.2 Å². The topological polar surface area (TPSA) is 49.2 Å². The summed E-state index contributed by atoms with van der Waals surface area (Å²) in [6, 6.07) is 12.0. The SMILES string of the molecule is C=C1c2ccc(C)nc2CN1C1CCC(Oc2ccc(C#N)c(Cl)c2)CC1. The van der Waals surface area contributed by atoms with Gasteiger partial charge in [0.15, 0.2) is 0 Å². The number of aryl methyl sites for hydroxylation is 1. The predicted molar refractivity (Wildman–Crippen MR) is 106 cm³/mol. The first-order chi connectivity index (χ1) is 13.0. The third-order valence-corrected chi connectivity index (χ3v) is 5.85. The Bertz CT molecular complexity index is 926. The first kappa shape index (κ1) is 17.9. The van der Waals surface area contributed by atoms with Crippen LogP contribution >= 0.6 is 11.6 Å². The van der Waals surface area contributed by atoms with Crippen molar-refractivity contribution in [1.29, 1.82) is 5.26 Å². The molecule has 1 aromatic heterocycles. The van der Waals surface area contributed by atoms with Crippen molar-refractivity contribution in [2.24, 2.45) is 0 Å². The van der Waals surface area contributed by atoms with Crippen LogP contribution in [0, 0.1) is 18.3 Å². The maximum absolute atomic E-state index is 8.97. The second-order valence-corrected chi connectivity index (χ2v) is 7.73. The van der Waals surface area contributed by atoms with E-state index in [9.17, 15) is 0 Å². The largest absolute Gasteiger partial charge is 0.490 e. The van der Waals surface area contributed by atoms with Gasteiger partial charge in [-0.25, -0.2) is 0 Å². The minimum Gasteiger partial charge on any atom is -0.490 e. The minimum atomic E-state index is 0.184. The molecule has 0 radical (unpaired) electrons. The summed E-state index contributed by atoms with van der Waals surface area (Å²) in [7, 11) is 0. The van der Waals surface area contributed by atoms with E-state index in [1.165, 1.54) is 5.56 Å². The highest BCUT2D eigenvalue weighted by molar-refractivity contribution is 6.31. The summed E-state index contributed by atoms with van der Waals surface area (Å²) in [5.41, 5.74) is 4.96. The van der Waals surface area contributed by atoms with Crippen LogP contribution < -0.4 is 4.74 Å². The van der Waals surface area contributed by atoms with Crippen LogP contribution in [0.4, 0.5) is 0 Å². The number of ether oxygens (including phenoxy) is 1. The molecule has 27 heavy (non-hydrogen) atoms. The lowest BCUT2D eigenvalue weighted by Crippen LogP contribution is -2.36. The fraction of sp³-hybridized carbons (Fsp3) is 0.364. The smallest absolute Gasteiger partial charge is 0.121 e. The van der Waals surface area contributed by atoms with E-state index >= 15 is 0 Å². The van der Waals surface area contributed by atoms with Gasteiger partial charge in [-0.15, -0.1) is 0 Å². The van der Waals surface area contributed by atoms with E-state index in [1.807, 2.05) is 13.0 Å². The highest BCUT2D eigenvalue weighted by Crippen LogP contribution is 2.37. The maximum atomic E-state index is 8.97. The van der Waals surface area contributed by atoms with Gasteiger partial charge in [-0.05, 0) is 56.9 Å². The first-order valence-electron chi connectivity index (χ1n) is 9.34. The number of nitrogens with zero attached hydrogens (tertiary/aromatic N) is 3. The molecule has 4 rings (SSSR count). The van der Waals surface area contributed by atoms with Crippen molar-refractivity contribution < 1.29 is 4.74 Å². The van der Waals surface area contributed by atoms with Crippen LogP contribution in [0.1, 0.15) is 48.2 Å². The van der Waals surface area contributed by atoms with Crippen LogP contribution in [0.25, 0.3) is 5.70 Å². The maximum Gasteiger partial charge on any atom is 0.121 e. The molecule has 0 N–H and O–H groups in total. The van der Waals surface area contributed by atoms with Crippen LogP contribution in [0.5, 0.6) is 5.75 Å². The van der Waals surface area contributed by atoms with Crippen molar-refractivity contribution >= 4 is 17.3 Å². The Hall–Kier alpha value is -2.51. The van der Waals surface area contributed by atoms with Crippen LogP contribution in [0.2, 0.25) is 5.02 Å². The van der Waals surface area contributed by atoms with E-state index in [0.29, 0.717) is 16.6 Å². The molecule has 0 spiro atoms.